The molecule has 5 nitrogen and oxygen atoms in total. The first-order chi connectivity index (χ1) is 7.26. The third-order valence-electron chi connectivity index (χ3n) is 2.43. The van der Waals surface area contributed by atoms with Gasteiger partial charge < -0.3 is 10.8 Å². The fourth-order valence-electron chi connectivity index (χ4n) is 1.65. The van der Waals surface area contributed by atoms with Crippen molar-refractivity contribution in [3.63, 3.8) is 0 Å². The second kappa shape index (κ2) is 3.96. The number of hydrogen-bond acceptors (Lipinski definition) is 4. The van der Waals surface area contributed by atoms with Crippen molar-refractivity contribution in [3.05, 3.63) is 29.8 Å². The van der Waals surface area contributed by atoms with Crippen LogP contribution < -0.4 is 5.73 Å². The maximum atomic E-state index is 9.20. The molecule has 0 saturated carbocycles. The standard InChI is InChI=1S/C10H14N4O/c1-7-4-9-10(8(5-11)6-15)12-2-3-14(9)13-7/h2-4,8,15H,5-6,11H2,1H3. The third kappa shape index (κ3) is 1.71. The summed E-state index contributed by atoms with van der Waals surface area (Å²) in [5.41, 5.74) is 8.24. The van der Waals surface area contributed by atoms with Crippen molar-refractivity contribution in [3.8, 4) is 0 Å². The molecule has 0 fully saturated rings. The first-order valence-electron chi connectivity index (χ1n) is 4.88. The van der Waals surface area contributed by atoms with E-state index in [2.05, 4.69) is 10.1 Å². The molecular formula is C10H14N4O. The Morgan fingerprint density at radius 2 is 2.40 bits per heavy atom. The summed E-state index contributed by atoms with van der Waals surface area (Å²) in [7, 11) is 0. The number of aliphatic hydroxyl groups excluding tert-OH is 1. The molecule has 0 aromatic carbocycles. The highest BCUT2D eigenvalue weighted by atomic mass is 16.3. The minimum absolute atomic E-state index is 0.00734. The Balaban J connectivity index is 2.58. The lowest BCUT2D eigenvalue weighted by Gasteiger charge is -2.11. The van der Waals surface area contributed by atoms with Gasteiger partial charge in [-0.05, 0) is 13.0 Å². The Hall–Kier alpha value is -1.46. The number of nitrogens with zero attached hydrogens (tertiary/aromatic N) is 3. The van der Waals surface area contributed by atoms with E-state index in [1.807, 2.05) is 13.0 Å². The highest BCUT2D eigenvalue weighted by Crippen LogP contribution is 2.18. The lowest BCUT2D eigenvalue weighted by molar-refractivity contribution is 0.266. The Labute approximate surface area is 87.6 Å². The number of aryl methyl sites for hydroxylation is 1. The summed E-state index contributed by atoms with van der Waals surface area (Å²) in [6, 6.07) is 1.95. The molecule has 0 radical (unpaired) electrons. The van der Waals surface area contributed by atoms with Gasteiger partial charge in [-0.15, -0.1) is 0 Å². The molecule has 0 aliphatic heterocycles. The fraction of sp³-hybridized carbons (Fsp3) is 0.400. The number of hydrogen-bond donors (Lipinski definition) is 2. The van der Waals surface area contributed by atoms with E-state index in [0.717, 1.165) is 16.9 Å². The fourth-order valence-corrected chi connectivity index (χ4v) is 1.65. The normalized spacial score (nSPS) is 13.3. The Morgan fingerprint density at radius 3 is 3.07 bits per heavy atom. The first-order valence-corrected chi connectivity index (χ1v) is 4.88. The van der Waals surface area contributed by atoms with Crippen LogP contribution in [0.5, 0.6) is 0 Å². The predicted molar refractivity (Wildman–Crippen MR) is 56.6 cm³/mol. The molecule has 80 valence electrons. The molecule has 2 heterocycles. The van der Waals surface area contributed by atoms with Gasteiger partial charge in [0.15, 0.2) is 0 Å². The van der Waals surface area contributed by atoms with E-state index in [-0.39, 0.29) is 12.5 Å². The van der Waals surface area contributed by atoms with Crippen LogP contribution in [0.2, 0.25) is 0 Å². The molecule has 0 spiro atoms. The van der Waals surface area contributed by atoms with Crippen LogP contribution in [0, 0.1) is 6.92 Å². The molecule has 1 unspecified atom stereocenters. The van der Waals surface area contributed by atoms with E-state index in [1.54, 1.807) is 16.9 Å². The summed E-state index contributed by atoms with van der Waals surface area (Å²) in [6.45, 7) is 2.31. The molecule has 2 aromatic rings. The molecule has 1 atom stereocenters. The predicted octanol–water partition coefficient (Wildman–Crippen LogP) is 0.0723. The Kier molecular flexibility index (Phi) is 2.66. The van der Waals surface area contributed by atoms with Gasteiger partial charge in [-0.1, -0.05) is 0 Å². The third-order valence-corrected chi connectivity index (χ3v) is 2.43. The van der Waals surface area contributed by atoms with Gasteiger partial charge in [0.25, 0.3) is 0 Å². The summed E-state index contributed by atoms with van der Waals surface area (Å²) >= 11 is 0. The van der Waals surface area contributed by atoms with Crippen LogP contribution >= 0.6 is 0 Å². The average molecular weight is 206 g/mol. The quantitative estimate of drug-likeness (QED) is 0.745. The maximum Gasteiger partial charge on any atom is 0.0884 e. The van der Waals surface area contributed by atoms with E-state index >= 15 is 0 Å². The first kappa shape index (κ1) is 10.1. The van der Waals surface area contributed by atoms with Crippen molar-refractivity contribution in [1.29, 1.82) is 0 Å². The van der Waals surface area contributed by atoms with Crippen LogP contribution in [0.15, 0.2) is 18.5 Å². The monoisotopic (exact) mass is 206 g/mol. The molecule has 15 heavy (non-hydrogen) atoms. The van der Waals surface area contributed by atoms with Gasteiger partial charge in [0.05, 0.1) is 23.5 Å². The van der Waals surface area contributed by atoms with E-state index in [0.29, 0.717) is 6.54 Å². The number of nitrogens with two attached hydrogens (primary N) is 1. The van der Waals surface area contributed by atoms with Gasteiger partial charge in [-0.25, -0.2) is 4.52 Å². The summed E-state index contributed by atoms with van der Waals surface area (Å²) in [5.74, 6) is -0.121. The molecule has 2 aromatic heterocycles. The van der Waals surface area contributed by atoms with Gasteiger partial charge in [0, 0.05) is 24.9 Å². The number of aliphatic hydroxyl groups is 1. The molecule has 0 amide bonds. The molecule has 3 N–H and O–H groups in total. The van der Waals surface area contributed by atoms with Crippen molar-refractivity contribution in [2.75, 3.05) is 13.2 Å². The van der Waals surface area contributed by atoms with Crippen LogP contribution in [0.4, 0.5) is 0 Å². The Bertz CT molecular complexity index is 461. The van der Waals surface area contributed by atoms with Crippen LogP contribution in [0.3, 0.4) is 0 Å². The summed E-state index contributed by atoms with van der Waals surface area (Å²) < 4.78 is 1.76. The minimum atomic E-state index is -0.121. The summed E-state index contributed by atoms with van der Waals surface area (Å²) in [4.78, 5) is 4.26. The highest BCUT2D eigenvalue weighted by Gasteiger charge is 2.14. The van der Waals surface area contributed by atoms with Crippen molar-refractivity contribution in [1.82, 2.24) is 14.6 Å². The molecule has 0 aliphatic rings. The molecule has 0 bridgehead atoms. The van der Waals surface area contributed by atoms with Gasteiger partial charge in [0.1, 0.15) is 0 Å². The van der Waals surface area contributed by atoms with Gasteiger partial charge >= 0.3 is 0 Å². The molecule has 2 rings (SSSR count). The summed E-state index contributed by atoms with van der Waals surface area (Å²) in [5, 5.41) is 13.5. The van der Waals surface area contributed by atoms with Crippen LogP contribution in [0.1, 0.15) is 17.3 Å². The van der Waals surface area contributed by atoms with E-state index in [9.17, 15) is 5.11 Å². The number of fused-ring (bicyclic) bond motifs is 1. The minimum Gasteiger partial charge on any atom is -0.396 e. The topological polar surface area (TPSA) is 76.4 Å². The van der Waals surface area contributed by atoms with E-state index in [1.165, 1.54) is 0 Å². The number of aromatic nitrogens is 3. The smallest absolute Gasteiger partial charge is 0.0884 e. The van der Waals surface area contributed by atoms with Gasteiger partial charge in [-0.3, -0.25) is 4.98 Å². The van der Waals surface area contributed by atoms with Crippen LogP contribution in [-0.4, -0.2) is 32.9 Å². The van der Waals surface area contributed by atoms with Crippen molar-refractivity contribution < 1.29 is 5.11 Å². The zero-order valence-corrected chi connectivity index (χ0v) is 8.59. The van der Waals surface area contributed by atoms with Crippen LogP contribution in [0.25, 0.3) is 5.52 Å². The zero-order valence-electron chi connectivity index (χ0n) is 8.59. The number of rotatable bonds is 3. The average Bonchev–Trinajstić information content (AvgIpc) is 2.61. The molecule has 0 saturated heterocycles. The lowest BCUT2D eigenvalue weighted by atomic mass is 10.1. The second-order valence-corrected chi connectivity index (χ2v) is 3.54. The summed E-state index contributed by atoms with van der Waals surface area (Å²) in [6.07, 6.45) is 3.46. The highest BCUT2D eigenvalue weighted by molar-refractivity contribution is 5.53. The van der Waals surface area contributed by atoms with E-state index in [4.69, 9.17) is 5.73 Å². The maximum absolute atomic E-state index is 9.20. The largest absolute Gasteiger partial charge is 0.396 e. The van der Waals surface area contributed by atoms with Gasteiger partial charge in [-0.2, -0.15) is 5.10 Å². The van der Waals surface area contributed by atoms with Crippen molar-refractivity contribution in [2.45, 2.75) is 12.8 Å². The van der Waals surface area contributed by atoms with Crippen molar-refractivity contribution in [2.24, 2.45) is 5.73 Å². The van der Waals surface area contributed by atoms with Crippen LogP contribution in [-0.2, 0) is 0 Å². The zero-order chi connectivity index (χ0) is 10.8. The Morgan fingerprint density at radius 1 is 1.60 bits per heavy atom. The van der Waals surface area contributed by atoms with E-state index < -0.39 is 0 Å². The SMILES string of the molecule is Cc1cc2c(C(CN)CO)nccn2n1. The molecular weight excluding hydrogens is 192 g/mol. The molecule has 0 aliphatic carbocycles. The lowest BCUT2D eigenvalue weighted by Crippen LogP contribution is -2.18. The van der Waals surface area contributed by atoms with Gasteiger partial charge in [0.2, 0.25) is 0 Å². The molecule has 5 heteroatoms. The van der Waals surface area contributed by atoms with Crippen molar-refractivity contribution >= 4 is 5.52 Å². The second-order valence-electron chi connectivity index (χ2n) is 3.54.